The predicted molar refractivity (Wildman–Crippen MR) is 94.8 cm³/mol. The monoisotopic (exact) mass is 368 g/mol. The van der Waals surface area contributed by atoms with Crippen LogP contribution >= 0.6 is 0 Å². The first-order valence-corrected chi connectivity index (χ1v) is 7.94. The van der Waals surface area contributed by atoms with Gasteiger partial charge in [-0.3, -0.25) is 9.36 Å². The van der Waals surface area contributed by atoms with Gasteiger partial charge in [0.1, 0.15) is 12.9 Å². The average Bonchev–Trinajstić information content (AvgIpc) is 2.93. The van der Waals surface area contributed by atoms with Crippen LogP contribution in [0.5, 0.6) is 0 Å². The van der Waals surface area contributed by atoms with Crippen LogP contribution in [0.3, 0.4) is 0 Å². The van der Waals surface area contributed by atoms with Crippen LogP contribution in [0.15, 0.2) is 46.3 Å². The molecule has 1 amide bonds. The highest BCUT2D eigenvalue weighted by Crippen LogP contribution is 2.28. The Bertz CT molecular complexity index is 1190. The maximum Gasteiger partial charge on any atom is 0.404 e. The largest absolute Gasteiger partial charge is 0.465 e. The molecule has 136 valence electrons. The Morgan fingerprint density at radius 1 is 1.33 bits per heavy atom. The van der Waals surface area contributed by atoms with Crippen molar-refractivity contribution in [3.8, 4) is 5.69 Å². The Morgan fingerprint density at radius 3 is 2.89 bits per heavy atom. The van der Waals surface area contributed by atoms with Crippen molar-refractivity contribution in [2.75, 3.05) is 7.11 Å². The first kappa shape index (κ1) is 16.7. The van der Waals surface area contributed by atoms with Crippen LogP contribution in [0.4, 0.5) is 9.18 Å². The van der Waals surface area contributed by atoms with Crippen molar-refractivity contribution in [2.45, 2.75) is 6.54 Å². The van der Waals surface area contributed by atoms with Crippen LogP contribution in [-0.4, -0.2) is 33.6 Å². The lowest BCUT2D eigenvalue weighted by molar-refractivity contribution is 0.194. The fourth-order valence-corrected chi connectivity index (χ4v) is 3.10. The van der Waals surface area contributed by atoms with Gasteiger partial charge in [0.2, 0.25) is 0 Å². The molecule has 2 N–H and O–H groups in total. The molecule has 0 fully saturated rings. The summed E-state index contributed by atoms with van der Waals surface area (Å²) in [6.45, 7) is 0.0792. The minimum Gasteiger partial charge on any atom is -0.465 e. The van der Waals surface area contributed by atoms with E-state index in [1.807, 2.05) is 0 Å². The molecule has 1 aliphatic heterocycles. The molecule has 0 unspecified atom stereocenters. The number of nitrogens with one attached hydrogen (secondary N) is 1. The van der Waals surface area contributed by atoms with Crippen molar-refractivity contribution in [2.24, 2.45) is 5.16 Å². The molecule has 1 aliphatic rings. The Balaban J connectivity index is 1.95. The number of carboxylic acid groups (broad SMARTS) is 1. The van der Waals surface area contributed by atoms with Gasteiger partial charge in [0.25, 0.3) is 5.56 Å². The number of rotatable bonds is 3. The fraction of sp³-hybridized carbons (Fsp3) is 0.111. The first-order valence-electron chi connectivity index (χ1n) is 7.94. The molecule has 0 bridgehead atoms. The molecule has 0 aliphatic carbocycles. The molecule has 0 saturated carbocycles. The summed E-state index contributed by atoms with van der Waals surface area (Å²) in [5.41, 5.74) is 1.83. The lowest BCUT2D eigenvalue weighted by Crippen LogP contribution is -2.22. The number of aromatic nitrogens is 2. The number of fused-ring (bicyclic) bond motifs is 4. The van der Waals surface area contributed by atoms with Crippen molar-refractivity contribution >= 4 is 22.7 Å². The number of hydrogen-bond donors (Lipinski definition) is 2. The minimum atomic E-state index is -1.15. The topological polar surface area (TPSA) is 106 Å². The molecule has 9 heteroatoms. The number of benzene rings is 2. The van der Waals surface area contributed by atoms with E-state index in [0.29, 0.717) is 27.7 Å². The normalized spacial score (nSPS) is 13.5. The number of oxime groups is 1. The first-order chi connectivity index (χ1) is 13.0. The minimum absolute atomic E-state index is 0.0792. The van der Waals surface area contributed by atoms with E-state index in [0.717, 1.165) is 0 Å². The summed E-state index contributed by atoms with van der Waals surface area (Å²) < 4.78 is 15.1. The Labute approximate surface area is 151 Å². The van der Waals surface area contributed by atoms with Crippen LogP contribution in [-0.2, 0) is 11.4 Å². The molecular formula is C18H13FN4O4. The third-order valence-corrected chi connectivity index (χ3v) is 4.23. The number of hydrogen-bond acceptors (Lipinski definition) is 5. The molecule has 1 aromatic heterocycles. The summed E-state index contributed by atoms with van der Waals surface area (Å²) in [5, 5.41) is 15.3. The van der Waals surface area contributed by atoms with Crippen molar-refractivity contribution in [3.63, 3.8) is 0 Å². The Kier molecular flexibility index (Phi) is 3.84. The maximum absolute atomic E-state index is 13.7. The zero-order valence-electron chi connectivity index (χ0n) is 14.1. The second kappa shape index (κ2) is 6.20. The highest BCUT2D eigenvalue weighted by molar-refractivity contribution is 6.16. The zero-order chi connectivity index (χ0) is 19.1. The van der Waals surface area contributed by atoms with Crippen molar-refractivity contribution in [1.82, 2.24) is 14.9 Å². The van der Waals surface area contributed by atoms with Crippen molar-refractivity contribution < 1.29 is 19.1 Å². The smallest absolute Gasteiger partial charge is 0.404 e. The summed E-state index contributed by atoms with van der Waals surface area (Å²) >= 11 is 0. The average molecular weight is 368 g/mol. The van der Waals surface area contributed by atoms with E-state index in [2.05, 4.69) is 15.5 Å². The molecule has 2 heterocycles. The number of halogens is 1. The quantitative estimate of drug-likeness (QED) is 0.538. The molecule has 8 nitrogen and oxygen atoms in total. The van der Waals surface area contributed by atoms with E-state index in [-0.39, 0.29) is 23.6 Å². The summed E-state index contributed by atoms with van der Waals surface area (Å²) in [5.74, 6) is -0.233. The van der Waals surface area contributed by atoms with Gasteiger partial charge in [-0.2, -0.15) is 0 Å². The Hall–Kier alpha value is -3.75. The van der Waals surface area contributed by atoms with E-state index in [4.69, 9.17) is 9.94 Å². The lowest BCUT2D eigenvalue weighted by atomic mass is 10.1. The standard InChI is InChI=1S/C18H13FN4O4/c1-27-22-15-12-7-10(19)3-5-14(12)23-16(15)21-13-6-9(8-20-18(25)26)2-4-11(13)17(23)24/h2-7,20H,8H2,1H3,(H,25,26). The molecule has 0 atom stereocenters. The predicted octanol–water partition coefficient (Wildman–Crippen LogP) is 2.00. The highest BCUT2D eigenvalue weighted by atomic mass is 19.1. The molecule has 2 aromatic carbocycles. The van der Waals surface area contributed by atoms with Crippen LogP contribution in [0, 0.1) is 5.82 Å². The molecule has 4 rings (SSSR count). The van der Waals surface area contributed by atoms with Gasteiger partial charge >= 0.3 is 6.09 Å². The molecule has 0 spiro atoms. The maximum atomic E-state index is 13.7. The summed E-state index contributed by atoms with van der Waals surface area (Å²) in [4.78, 5) is 33.0. The van der Waals surface area contributed by atoms with Crippen molar-refractivity contribution in [1.29, 1.82) is 0 Å². The molecular weight excluding hydrogens is 355 g/mol. The molecule has 0 radical (unpaired) electrons. The second-order valence-electron chi connectivity index (χ2n) is 5.87. The van der Waals surface area contributed by atoms with Gasteiger partial charge in [-0.15, -0.1) is 0 Å². The third-order valence-electron chi connectivity index (χ3n) is 4.23. The van der Waals surface area contributed by atoms with E-state index in [9.17, 15) is 14.0 Å². The Morgan fingerprint density at radius 2 is 2.15 bits per heavy atom. The number of nitrogens with zero attached hydrogens (tertiary/aromatic N) is 3. The second-order valence-corrected chi connectivity index (χ2v) is 5.87. The van der Waals surface area contributed by atoms with Gasteiger partial charge in [-0.25, -0.2) is 14.2 Å². The number of amides is 1. The van der Waals surface area contributed by atoms with Gasteiger partial charge in [0.15, 0.2) is 11.5 Å². The summed E-state index contributed by atoms with van der Waals surface area (Å²) in [6.07, 6.45) is -1.15. The van der Waals surface area contributed by atoms with Gasteiger partial charge < -0.3 is 15.3 Å². The van der Waals surface area contributed by atoms with Gasteiger partial charge in [0.05, 0.1) is 16.6 Å². The zero-order valence-corrected chi connectivity index (χ0v) is 14.1. The van der Waals surface area contributed by atoms with E-state index in [1.54, 1.807) is 18.2 Å². The summed E-state index contributed by atoms with van der Waals surface area (Å²) in [7, 11) is 1.35. The van der Waals surface area contributed by atoms with Crippen molar-refractivity contribution in [3.05, 3.63) is 69.5 Å². The summed E-state index contributed by atoms with van der Waals surface area (Å²) in [6, 6.07) is 8.89. The van der Waals surface area contributed by atoms with Gasteiger partial charge in [-0.1, -0.05) is 11.2 Å². The third kappa shape index (κ3) is 2.69. The molecule has 3 aromatic rings. The van der Waals surface area contributed by atoms with E-state index in [1.165, 1.54) is 29.9 Å². The van der Waals surface area contributed by atoms with E-state index >= 15 is 0 Å². The van der Waals surface area contributed by atoms with Crippen LogP contribution in [0.25, 0.3) is 16.6 Å². The van der Waals surface area contributed by atoms with Crippen LogP contribution in [0.1, 0.15) is 17.0 Å². The van der Waals surface area contributed by atoms with E-state index < -0.39 is 11.9 Å². The molecule has 27 heavy (non-hydrogen) atoms. The molecule has 0 saturated heterocycles. The SMILES string of the molecule is CON=C1c2cc(F)ccc2-n2c1nc1cc(CNC(=O)O)ccc1c2=O. The van der Waals surface area contributed by atoms with Gasteiger partial charge in [0, 0.05) is 12.1 Å². The van der Waals surface area contributed by atoms with Gasteiger partial charge in [-0.05, 0) is 35.9 Å². The number of carbonyl (C=O) groups is 1. The van der Waals surface area contributed by atoms with Crippen LogP contribution < -0.4 is 10.9 Å². The highest BCUT2D eigenvalue weighted by Gasteiger charge is 2.29. The van der Waals surface area contributed by atoms with Crippen LogP contribution in [0.2, 0.25) is 0 Å². The fourth-order valence-electron chi connectivity index (χ4n) is 3.10. The lowest BCUT2D eigenvalue weighted by Gasteiger charge is -2.08.